The highest BCUT2D eigenvalue weighted by atomic mass is 19.1. The van der Waals surface area contributed by atoms with Crippen LogP contribution in [-0.2, 0) is 11.2 Å². The minimum absolute atomic E-state index is 0.225. The normalized spacial score (nSPS) is 12.0. The second-order valence-corrected chi connectivity index (χ2v) is 5.00. The van der Waals surface area contributed by atoms with Crippen LogP contribution in [0.1, 0.15) is 18.9 Å². The fourth-order valence-corrected chi connectivity index (χ4v) is 2.25. The second-order valence-electron chi connectivity index (χ2n) is 5.00. The number of hydrogen-bond acceptors (Lipinski definition) is 2. The second kappa shape index (κ2) is 8.38. The Balaban J connectivity index is 1.77. The predicted octanol–water partition coefficient (Wildman–Crippen LogP) is 2.18. The molecule has 0 bridgehead atoms. The molecule has 22 heavy (non-hydrogen) atoms. The van der Waals surface area contributed by atoms with E-state index in [0.29, 0.717) is 25.7 Å². The fraction of sp³-hybridized carbons (Fsp3) is 0.438. The number of fused-ring (bicyclic) bond motifs is 1. The number of ether oxygens (including phenoxy) is 1. The van der Waals surface area contributed by atoms with Gasteiger partial charge in [0.15, 0.2) is 5.96 Å². The molecule has 120 valence electrons. The first kappa shape index (κ1) is 16.3. The van der Waals surface area contributed by atoms with Gasteiger partial charge >= 0.3 is 0 Å². The molecule has 0 amide bonds. The van der Waals surface area contributed by atoms with Gasteiger partial charge in [-0.05, 0) is 43.5 Å². The van der Waals surface area contributed by atoms with Crippen LogP contribution in [0.5, 0.6) is 0 Å². The molecule has 2 aromatic rings. The molecule has 1 heterocycles. The van der Waals surface area contributed by atoms with E-state index in [9.17, 15) is 4.39 Å². The first-order valence-corrected chi connectivity index (χ1v) is 7.57. The maximum absolute atomic E-state index is 13.3. The van der Waals surface area contributed by atoms with Crippen molar-refractivity contribution in [3.05, 3.63) is 35.8 Å². The molecule has 1 aromatic carbocycles. The number of H-pyrrole nitrogens is 1. The van der Waals surface area contributed by atoms with E-state index in [1.54, 1.807) is 12.1 Å². The monoisotopic (exact) mass is 306 g/mol. The summed E-state index contributed by atoms with van der Waals surface area (Å²) in [6, 6.07) is 4.75. The Morgan fingerprint density at radius 2 is 2.32 bits per heavy atom. The van der Waals surface area contributed by atoms with Crippen LogP contribution in [0.25, 0.3) is 10.9 Å². The number of hydrogen-bond donors (Lipinski definition) is 3. The maximum Gasteiger partial charge on any atom is 0.188 e. The molecule has 0 unspecified atom stereocenters. The molecule has 0 saturated carbocycles. The molecular weight excluding hydrogens is 283 g/mol. The van der Waals surface area contributed by atoms with Crippen molar-refractivity contribution in [1.29, 1.82) is 0 Å². The number of aromatic amines is 1. The third-order valence-electron chi connectivity index (χ3n) is 3.36. The third-order valence-corrected chi connectivity index (χ3v) is 3.36. The van der Waals surface area contributed by atoms with Gasteiger partial charge < -0.3 is 20.8 Å². The Labute approximate surface area is 129 Å². The van der Waals surface area contributed by atoms with Crippen LogP contribution >= 0.6 is 0 Å². The Morgan fingerprint density at radius 3 is 3.14 bits per heavy atom. The van der Waals surface area contributed by atoms with Gasteiger partial charge in [0.1, 0.15) is 5.82 Å². The van der Waals surface area contributed by atoms with E-state index in [4.69, 9.17) is 10.5 Å². The van der Waals surface area contributed by atoms with Crippen molar-refractivity contribution in [3.8, 4) is 0 Å². The van der Waals surface area contributed by atoms with Crippen LogP contribution < -0.4 is 11.1 Å². The lowest BCUT2D eigenvalue weighted by atomic mass is 10.1. The van der Waals surface area contributed by atoms with Crippen LogP contribution in [0.15, 0.2) is 29.4 Å². The fourth-order valence-electron chi connectivity index (χ4n) is 2.25. The van der Waals surface area contributed by atoms with E-state index in [-0.39, 0.29) is 5.82 Å². The highest BCUT2D eigenvalue weighted by molar-refractivity contribution is 5.83. The number of aromatic nitrogens is 1. The molecule has 0 spiro atoms. The number of aliphatic imine (C=N–C) groups is 1. The average Bonchev–Trinajstić information content (AvgIpc) is 2.89. The molecule has 1 aromatic heterocycles. The predicted molar refractivity (Wildman–Crippen MR) is 87.6 cm³/mol. The van der Waals surface area contributed by atoms with E-state index >= 15 is 0 Å². The maximum atomic E-state index is 13.3. The highest BCUT2D eigenvalue weighted by Crippen LogP contribution is 2.19. The van der Waals surface area contributed by atoms with Gasteiger partial charge in [0, 0.05) is 43.4 Å². The molecule has 2 rings (SSSR count). The minimum atomic E-state index is -0.225. The topological polar surface area (TPSA) is 75.4 Å². The van der Waals surface area contributed by atoms with Crippen molar-refractivity contribution in [1.82, 2.24) is 10.3 Å². The Kier molecular flexibility index (Phi) is 6.21. The summed E-state index contributed by atoms with van der Waals surface area (Å²) >= 11 is 0. The Hall–Kier alpha value is -2.08. The summed E-state index contributed by atoms with van der Waals surface area (Å²) in [5.74, 6) is 0.208. The van der Waals surface area contributed by atoms with Crippen molar-refractivity contribution in [3.63, 3.8) is 0 Å². The van der Waals surface area contributed by atoms with Crippen molar-refractivity contribution < 1.29 is 9.13 Å². The molecule has 0 radical (unpaired) electrons. The van der Waals surface area contributed by atoms with Crippen molar-refractivity contribution in [2.45, 2.75) is 19.8 Å². The highest BCUT2D eigenvalue weighted by Gasteiger charge is 2.04. The standard InChI is InChI=1S/C16H23FN4O/c1-2-22-9-3-7-19-16(18)20-8-6-12-11-21-15-5-4-13(17)10-14(12)15/h4-5,10-11,21H,2-3,6-9H2,1H3,(H3,18,19,20). The van der Waals surface area contributed by atoms with E-state index in [2.05, 4.69) is 15.3 Å². The Bertz CT molecular complexity index is 624. The Morgan fingerprint density at radius 1 is 1.45 bits per heavy atom. The van der Waals surface area contributed by atoms with Gasteiger partial charge in [0.05, 0.1) is 0 Å². The molecule has 5 nitrogen and oxygen atoms in total. The molecule has 0 saturated heterocycles. The van der Waals surface area contributed by atoms with Crippen molar-refractivity contribution in [2.75, 3.05) is 26.3 Å². The van der Waals surface area contributed by atoms with Crippen LogP contribution in [0.2, 0.25) is 0 Å². The zero-order valence-electron chi connectivity index (χ0n) is 12.9. The first-order valence-electron chi connectivity index (χ1n) is 7.57. The quantitative estimate of drug-likeness (QED) is 0.397. The van der Waals surface area contributed by atoms with E-state index in [1.807, 2.05) is 13.1 Å². The van der Waals surface area contributed by atoms with Gasteiger partial charge in [-0.2, -0.15) is 0 Å². The molecule has 0 aliphatic rings. The average molecular weight is 306 g/mol. The van der Waals surface area contributed by atoms with Gasteiger partial charge in [-0.25, -0.2) is 4.39 Å². The van der Waals surface area contributed by atoms with Crippen LogP contribution in [0, 0.1) is 5.82 Å². The SMILES string of the molecule is CCOCCCN=C(N)NCCc1c[nH]c2ccc(F)cc12. The lowest BCUT2D eigenvalue weighted by Gasteiger charge is -2.05. The van der Waals surface area contributed by atoms with Crippen molar-refractivity contribution in [2.24, 2.45) is 10.7 Å². The number of rotatable bonds is 8. The van der Waals surface area contributed by atoms with Crippen molar-refractivity contribution >= 4 is 16.9 Å². The summed E-state index contributed by atoms with van der Waals surface area (Å²) in [6.07, 6.45) is 3.51. The first-order chi connectivity index (χ1) is 10.7. The number of halogens is 1. The van der Waals surface area contributed by atoms with Gasteiger partial charge in [-0.1, -0.05) is 0 Å². The zero-order chi connectivity index (χ0) is 15.8. The molecule has 0 aliphatic carbocycles. The number of nitrogens with zero attached hydrogens (tertiary/aromatic N) is 1. The lowest BCUT2D eigenvalue weighted by molar-refractivity contribution is 0.146. The molecule has 0 fully saturated rings. The summed E-state index contributed by atoms with van der Waals surface area (Å²) in [5.41, 5.74) is 7.80. The number of nitrogens with two attached hydrogens (primary N) is 1. The molecule has 4 N–H and O–H groups in total. The number of nitrogens with one attached hydrogen (secondary N) is 2. The smallest absolute Gasteiger partial charge is 0.188 e. The van der Waals surface area contributed by atoms with E-state index in [0.717, 1.165) is 35.9 Å². The minimum Gasteiger partial charge on any atom is -0.382 e. The summed E-state index contributed by atoms with van der Waals surface area (Å²) in [6.45, 7) is 4.70. The van der Waals surface area contributed by atoms with E-state index < -0.39 is 0 Å². The summed E-state index contributed by atoms with van der Waals surface area (Å²) < 4.78 is 18.5. The van der Waals surface area contributed by atoms with Crippen LogP contribution in [-0.4, -0.2) is 37.2 Å². The van der Waals surface area contributed by atoms with Gasteiger partial charge in [-0.3, -0.25) is 4.99 Å². The lowest BCUT2D eigenvalue weighted by Crippen LogP contribution is -2.33. The summed E-state index contributed by atoms with van der Waals surface area (Å²) in [5, 5.41) is 3.98. The number of benzene rings is 1. The van der Waals surface area contributed by atoms with Crippen LogP contribution in [0.4, 0.5) is 4.39 Å². The van der Waals surface area contributed by atoms with Crippen LogP contribution in [0.3, 0.4) is 0 Å². The zero-order valence-corrected chi connectivity index (χ0v) is 12.9. The molecule has 0 atom stereocenters. The largest absolute Gasteiger partial charge is 0.382 e. The summed E-state index contributed by atoms with van der Waals surface area (Å²) in [4.78, 5) is 7.36. The van der Waals surface area contributed by atoms with Gasteiger partial charge in [-0.15, -0.1) is 0 Å². The molecule has 0 aliphatic heterocycles. The van der Waals surface area contributed by atoms with Gasteiger partial charge in [0.2, 0.25) is 0 Å². The molecular formula is C16H23FN4O. The van der Waals surface area contributed by atoms with E-state index in [1.165, 1.54) is 6.07 Å². The molecule has 6 heteroatoms. The summed E-state index contributed by atoms with van der Waals surface area (Å²) in [7, 11) is 0. The third kappa shape index (κ3) is 4.73. The van der Waals surface area contributed by atoms with Gasteiger partial charge in [0.25, 0.3) is 0 Å². The number of guanidine groups is 1.